The Morgan fingerprint density at radius 2 is 1.71 bits per heavy atom. The minimum Gasteiger partial charge on any atom is -0.486 e. The fourth-order valence-electron chi connectivity index (χ4n) is 4.02. The molecule has 0 bridgehead atoms. The van der Waals surface area contributed by atoms with Crippen LogP contribution in [0.5, 0.6) is 11.5 Å². The van der Waals surface area contributed by atoms with Crippen molar-refractivity contribution >= 4 is 23.6 Å². The van der Waals surface area contributed by atoms with Crippen LogP contribution in [0.25, 0.3) is 0 Å². The van der Waals surface area contributed by atoms with Gasteiger partial charge in [-0.25, -0.2) is 4.79 Å². The second-order valence-electron chi connectivity index (χ2n) is 9.67. The molecule has 0 unspecified atom stereocenters. The second kappa shape index (κ2) is 9.85. The first-order valence-corrected chi connectivity index (χ1v) is 11.7. The zero-order valence-corrected chi connectivity index (χ0v) is 20.4. The first-order chi connectivity index (χ1) is 16.6. The topological polar surface area (TPSA) is 106 Å². The summed E-state index contributed by atoms with van der Waals surface area (Å²) in [4.78, 5) is 40.4. The van der Waals surface area contributed by atoms with Crippen LogP contribution in [-0.2, 0) is 27.3 Å². The number of nitrogens with one attached hydrogen (secondary N) is 2. The lowest BCUT2D eigenvalue weighted by atomic mass is 9.93. The number of anilines is 1. The highest BCUT2D eigenvalue weighted by Crippen LogP contribution is 2.32. The smallest absolute Gasteiger partial charge is 0.411 e. The van der Waals surface area contributed by atoms with E-state index >= 15 is 0 Å². The quantitative estimate of drug-likeness (QED) is 0.694. The Kier molecular flexibility index (Phi) is 6.86. The average molecular weight is 482 g/mol. The van der Waals surface area contributed by atoms with Gasteiger partial charge in [0.1, 0.15) is 30.9 Å². The number of hydrogen-bond acceptors (Lipinski definition) is 6. The average Bonchev–Trinajstić information content (AvgIpc) is 2.82. The van der Waals surface area contributed by atoms with Gasteiger partial charge < -0.3 is 24.8 Å². The summed E-state index contributed by atoms with van der Waals surface area (Å²) in [5, 5.41) is 5.54. The van der Waals surface area contributed by atoms with Gasteiger partial charge in [-0.15, -0.1) is 0 Å². The fourth-order valence-corrected chi connectivity index (χ4v) is 4.02. The van der Waals surface area contributed by atoms with Crippen LogP contribution in [0.15, 0.2) is 42.5 Å². The van der Waals surface area contributed by atoms with Gasteiger partial charge in [-0.2, -0.15) is 0 Å². The summed E-state index contributed by atoms with van der Waals surface area (Å²) in [6, 6.07) is 11.2. The van der Waals surface area contributed by atoms with Crippen LogP contribution < -0.4 is 20.1 Å². The maximum absolute atomic E-state index is 13.3. The van der Waals surface area contributed by atoms with Crippen molar-refractivity contribution in [3.63, 3.8) is 0 Å². The van der Waals surface area contributed by atoms with Crippen molar-refractivity contribution in [3.8, 4) is 11.5 Å². The molecule has 3 amide bonds. The number of carbonyl (C=O) groups is 3. The SMILES string of the molecule is C[C@H](NC(=O)[C@@H]1Cc2ccccc2CN1C(=O)OC(C)(C)C)C(=O)Nc1ccc2c(c1)OCCO2. The van der Waals surface area contributed by atoms with E-state index in [1.54, 1.807) is 45.9 Å². The van der Waals surface area contributed by atoms with Gasteiger partial charge in [0.25, 0.3) is 0 Å². The molecule has 9 heteroatoms. The van der Waals surface area contributed by atoms with Crippen LogP contribution in [0.3, 0.4) is 0 Å². The first kappa shape index (κ1) is 24.4. The van der Waals surface area contributed by atoms with E-state index in [0.29, 0.717) is 36.8 Å². The van der Waals surface area contributed by atoms with Gasteiger partial charge in [-0.3, -0.25) is 14.5 Å². The van der Waals surface area contributed by atoms with Crippen LogP contribution in [0.2, 0.25) is 0 Å². The minimum atomic E-state index is -0.839. The zero-order chi connectivity index (χ0) is 25.2. The predicted molar refractivity (Wildman–Crippen MR) is 129 cm³/mol. The lowest BCUT2D eigenvalue weighted by Gasteiger charge is -2.37. The van der Waals surface area contributed by atoms with Crippen molar-refractivity contribution in [1.29, 1.82) is 0 Å². The van der Waals surface area contributed by atoms with E-state index in [-0.39, 0.29) is 6.54 Å². The summed E-state index contributed by atoms with van der Waals surface area (Å²) < 4.78 is 16.6. The van der Waals surface area contributed by atoms with E-state index in [1.807, 2.05) is 24.3 Å². The number of hydrogen-bond donors (Lipinski definition) is 2. The molecule has 2 aliphatic heterocycles. The summed E-state index contributed by atoms with van der Waals surface area (Å²) in [6.45, 7) is 8.11. The molecule has 2 atom stereocenters. The van der Waals surface area contributed by atoms with E-state index < -0.39 is 35.6 Å². The second-order valence-corrected chi connectivity index (χ2v) is 9.67. The molecule has 0 aromatic heterocycles. The standard InChI is InChI=1S/C26H31N3O6/c1-16(23(30)28-19-9-10-21-22(14-19)34-12-11-33-21)27-24(31)20-13-17-7-5-6-8-18(17)15-29(20)25(32)35-26(2,3)4/h5-10,14,16,20H,11-13,15H2,1-4H3,(H,27,31)(H,28,30)/t16-,20-/m0/s1. The van der Waals surface area contributed by atoms with Crippen LogP contribution in [0.1, 0.15) is 38.8 Å². The molecule has 0 radical (unpaired) electrons. The molecule has 0 saturated heterocycles. The first-order valence-electron chi connectivity index (χ1n) is 11.7. The Morgan fingerprint density at radius 3 is 2.43 bits per heavy atom. The van der Waals surface area contributed by atoms with Gasteiger partial charge >= 0.3 is 6.09 Å². The molecule has 2 N–H and O–H groups in total. The summed E-state index contributed by atoms with van der Waals surface area (Å²) in [6.07, 6.45) is -0.238. The Labute approximate surface area is 204 Å². The van der Waals surface area contributed by atoms with Crippen molar-refractivity contribution in [2.24, 2.45) is 0 Å². The van der Waals surface area contributed by atoms with Gasteiger partial charge in [-0.05, 0) is 51.0 Å². The van der Waals surface area contributed by atoms with Crippen molar-refractivity contribution < 1.29 is 28.6 Å². The number of benzene rings is 2. The van der Waals surface area contributed by atoms with Crippen LogP contribution in [0.4, 0.5) is 10.5 Å². The normalized spacial score (nSPS) is 17.6. The van der Waals surface area contributed by atoms with E-state index in [1.165, 1.54) is 4.90 Å². The number of fused-ring (bicyclic) bond motifs is 2. The predicted octanol–water partition coefficient (Wildman–Crippen LogP) is 3.26. The molecule has 2 aromatic carbocycles. The van der Waals surface area contributed by atoms with E-state index in [9.17, 15) is 14.4 Å². The highest BCUT2D eigenvalue weighted by atomic mass is 16.6. The van der Waals surface area contributed by atoms with Crippen molar-refractivity contribution in [1.82, 2.24) is 10.2 Å². The van der Waals surface area contributed by atoms with Crippen LogP contribution in [-0.4, -0.2) is 53.7 Å². The molecule has 2 aliphatic rings. The van der Waals surface area contributed by atoms with E-state index in [2.05, 4.69) is 10.6 Å². The van der Waals surface area contributed by atoms with Crippen molar-refractivity contribution in [2.45, 2.75) is 58.3 Å². The number of carbonyl (C=O) groups excluding carboxylic acids is 3. The number of amides is 3. The summed E-state index contributed by atoms with van der Waals surface area (Å²) >= 11 is 0. The minimum absolute atomic E-state index is 0.251. The Bertz CT molecular complexity index is 1130. The fraction of sp³-hybridized carbons (Fsp3) is 0.423. The van der Waals surface area contributed by atoms with Crippen LogP contribution >= 0.6 is 0 Å². The highest BCUT2D eigenvalue weighted by molar-refractivity contribution is 5.98. The Morgan fingerprint density at radius 1 is 1.03 bits per heavy atom. The molecular weight excluding hydrogens is 450 g/mol. The molecule has 9 nitrogen and oxygen atoms in total. The number of rotatable bonds is 4. The van der Waals surface area contributed by atoms with E-state index in [4.69, 9.17) is 14.2 Å². The molecular formula is C26H31N3O6. The van der Waals surface area contributed by atoms with Crippen molar-refractivity contribution in [2.75, 3.05) is 18.5 Å². The summed E-state index contributed by atoms with van der Waals surface area (Å²) in [5.74, 6) is 0.361. The Hall–Kier alpha value is -3.75. The lowest BCUT2D eigenvalue weighted by Crippen LogP contribution is -2.56. The third kappa shape index (κ3) is 5.85. The number of nitrogens with zero attached hydrogens (tertiary/aromatic N) is 1. The monoisotopic (exact) mass is 481 g/mol. The third-order valence-corrected chi connectivity index (χ3v) is 5.74. The zero-order valence-electron chi connectivity index (χ0n) is 20.4. The van der Waals surface area contributed by atoms with Gasteiger partial charge in [0.05, 0.1) is 6.54 Å². The lowest BCUT2D eigenvalue weighted by molar-refractivity contribution is -0.130. The highest BCUT2D eigenvalue weighted by Gasteiger charge is 2.37. The van der Waals surface area contributed by atoms with Crippen molar-refractivity contribution in [3.05, 3.63) is 53.6 Å². The summed E-state index contributed by atoms with van der Waals surface area (Å²) in [7, 11) is 0. The van der Waals surface area contributed by atoms with Gasteiger partial charge in [0, 0.05) is 18.2 Å². The molecule has 4 rings (SSSR count). The third-order valence-electron chi connectivity index (χ3n) is 5.74. The molecule has 0 spiro atoms. The van der Waals surface area contributed by atoms with Gasteiger partial charge in [-0.1, -0.05) is 24.3 Å². The molecule has 186 valence electrons. The van der Waals surface area contributed by atoms with E-state index in [0.717, 1.165) is 11.1 Å². The molecule has 0 aliphatic carbocycles. The number of ether oxygens (including phenoxy) is 3. The summed E-state index contributed by atoms with van der Waals surface area (Å²) in [5.41, 5.74) is 1.78. The van der Waals surface area contributed by atoms with Gasteiger partial charge in [0.15, 0.2) is 11.5 Å². The largest absolute Gasteiger partial charge is 0.486 e. The molecule has 2 aromatic rings. The molecule has 0 fully saturated rings. The molecule has 2 heterocycles. The maximum Gasteiger partial charge on any atom is 0.411 e. The van der Waals surface area contributed by atoms with Gasteiger partial charge in [0.2, 0.25) is 11.8 Å². The van der Waals surface area contributed by atoms with Crippen LogP contribution in [0, 0.1) is 0 Å². The molecule has 35 heavy (non-hydrogen) atoms. The molecule has 0 saturated carbocycles. The Balaban J connectivity index is 1.45. The maximum atomic E-state index is 13.3.